The predicted molar refractivity (Wildman–Crippen MR) is 81.5 cm³/mol. The van der Waals surface area contributed by atoms with Crippen LogP contribution in [0.5, 0.6) is 0 Å². The second-order valence-corrected chi connectivity index (χ2v) is 5.96. The van der Waals surface area contributed by atoms with E-state index in [1.165, 1.54) is 6.20 Å². The summed E-state index contributed by atoms with van der Waals surface area (Å²) in [4.78, 5) is 28.8. The summed E-state index contributed by atoms with van der Waals surface area (Å²) in [7, 11) is 0. The van der Waals surface area contributed by atoms with Crippen molar-refractivity contribution in [1.82, 2.24) is 15.2 Å². The Morgan fingerprint density at radius 2 is 2.17 bits per heavy atom. The highest BCUT2D eigenvalue weighted by Crippen LogP contribution is 2.21. The van der Waals surface area contributed by atoms with E-state index in [9.17, 15) is 22.8 Å². The molecule has 0 bridgehead atoms. The van der Waals surface area contributed by atoms with Gasteiger partial charge in [0.2, 0.25) is 5.91 Å². The minimum absolute atomic E-state index is 0.0572. The molecule has 0 unspecified atom stereocenters. The zero-order valence-corrected chi connectivity index (χ0v) is 13.4. The van der Waals surface area contributed by atoms with E-state index in [1.54, 1.807) is 12.1 Å². The molecule has 1 saturated heterocycles. The molecule has 0 saturated carbocycles. The van der Waals surface area contributed by atoms with E-state index in [1.807, 2.05) is 13.8 Å². The van der Waals surface area contributed by atoms with E-state index >= 15 is 0 Å². The molecule has 9 heteroatoms. The Morgan fingerprint density at radius 1 is 1.46 bits per heavy atom. The van der Waals surface area contributed by atoms with Crippen molar-refractivity contribution in [3.8, 4) is 0 Å². The van der Waals surface area contributed by atoms with Gasteiger partial charge < -0.3 is 15.5 Å². The molecule has 1 atom stereocenters. The van der Waals surface area contributed by atoms with Crippen LogP contribution in [0.15, 0.2) is 18.3 Å². The van der Waals surface area contributed by atoms with Crippen molar-refractivity contribution in [3.63, 3.8) is 0 Å². The number of anilines is 1. The largest absolute Gasteiger partial charge is 0.406 e. The minimum Gasteiger partial charge on any atom is -0.367 e. The van der Waals surface area contributed by atoms with Crippen LogP contribution < -0.4 is 10.6 Å². The molecule has 6 nitrogen and oxygen atoms in total. The van der Waals surface area contributed by atoms with Crippen molar-refractivity contribution in [1.29, 1.82) is 0 Å². The summed E-state index contributed by atoms with van der Waals surface area (Å²) in [5.74, 6) is -0.705. The Morgan fingerprint density at radius 3 is 2.79 bits per heavy atom. The lowest BCUT2D eigenvalue weighted by atomic mass is 10.2. The van der Waals surface area contributed by atoms with Gasteiger partial charge in [0.25, 0.3) is 5.91 Å². The number of aromatic nitrogens is 1. The first-order valence-electron chi connectivity index (χ1n) is 7.52. The SMILES string of the molecule is CC(C)Nc1ncccc1C(=O)N[C@H]1CC(=O)N(CC(F)(F)F)C1. The van der Waals surface area contributed by atoms with Crippen LogP contribution in [-0.4, -0.2) is 53.0 Å². The Hall–Kier alpha value is -2.32. The normalized spacial score (nSPS) is 18.2. The molecular weight excluding hydrogens is 325 g/mol. The first-order valence-corrected chi connectivity index (χ1v) is 7.52. The van der Waals surface area contributed by atoms with E-state index in [-0.39, 0.29) is 24.6 Å². The molecule has 24 heavy (non-hydrogen) atoms. The van der Waals surface area contributed by atoms with Gasteiger partial charge in [-0.2, -0.15) is 13.2 Å². The highest BCUT2D eigenvalue weighted by Gasteiger charge is 2.38. The van der Waals surface area contributed by atoms with E-state index < -0.39 is 30.6 Å². The molecule has 2 heterocycles. The third-order valence-corrected chi connectivity index (χ3v) is 3.40. The number of nitrogens with zero attached hydrogens (tertiary/aromatic N) is 2. The first kappa shape index (κ1) is 18.0. The highest BCUT2D eigenvalue weighted by atomic mass is 19.4. The fourth-order valence-corrected chi connectivity index (χ4v) is 2.48. The average molecular weight is 344 g/mol. The smallest absolute Gasteiger partial charge is 0.367 e. The van der Waals surface area contributed by atoms with Crippen LogP contribution in [0.4, 0.5) is 19.0 Å². The van der Waals surface area contributed by atoms with Gasteiger partial charge in [0.15, 0.2) is 0 Å². The molecule has 1 aromatic rings. The summed E-state index contributed by atoms with van der Waals surface area (Å²) in [5.41, 5.74) is 0.285. The number of alkyl halides is 3. The third-order valence-electron chi connectivity index (χ3n) is 3.40. The summed E-state index contributed by atoms with van der Waals surface area (Å²) in [6.45, 7) is 2.32. The molecule has 0 spiro atoms. The minimum atomic E-state index is -4.45. The van der Waals surface area contributed by atoms with Crippen LogP contribution in [0.3, 0.4) is 0 Å². The number of hydrogen-bond acceptors (Lipinski definition) is 4. The Balaban J connectivity index is 2.02. The maximum absolute atomic E-state index is 12.4. The van der Waals surface area contributed by atoms with Gasteiger partial charge in [0.1, 0.15) is 12.4 Å². The van der Waals surface area contributed by atoms with E-state index in [0.29, 0.717) is 10.7 Å². The van der Waals surface area contributed by atoms with Crippen LogP contribution in [-0.2, 0) is 4.79 Å². The summed E-state index contributed by atoms with van der Waals surface area (Å²) in [6, 6.07) is 2.56. The number of pyridine rings is 1. The Bertz CT molecular complexity index is 619. The molecule has 0 aromatic carbocycles. The predicted octanol–water partition coefficient (Wildman–Crippen LogP) is 1.79. The van der Waals surface area contributed by atoms with Crippen LogP contribution in [0, 0.1) is 0 Å². The quantitative estimate of drug-likeness (QED) is 0.854. The monoisotopic (exact) mass is 344 g/mol. The zero-order valence-electron chi connectivity index (χ0n) is 13.4. The number of nitrogens with one attached hydrogen (secondary N) is 2. The van der Waals surface area contributed by atoms with Crippen LogP contribution in [0.1, 0.15) is 30.6 Å². The van der Waals surface area contributed by atoms with Crippen molar-refractivity contribution in [2.45, 2.75) is 38.5 Å². The van der Waals surface area contributed by atoms with Gasteiger partial charge >= 0.3 is 6.18 Å². The van der Waals surface area contributed by atoms with Crippen LogP contribution >= 0.6 is 0 Å². The van der Waals surface area contributed by atoms with Crippen molar-refractivity contribution in [2.75, 3.05) is 18.4 Å². The van der Waals surface area contributed by atoms with Crippen LogP contribution in [0.25, 0.3) is 0 Å². The molecule has 1 aromatic heterocycles. The van der Waals surface area contributed by atoms with Crippen molar-refractivity contribution >= 4 is 17.6 Å². The molecular formula is C15H19F3N4O2. The molecule has 2 rings (SSSR count). The lowest BCUT2D eigenvalue weighted by molar-refractivity contribution is -0.157. The zero-order chi connectivity index (χ0) is 17.9. The number of likely N-dealkylation sites (tertiary alicyclic amines) is 1. The molecule has 1 aliphatic rings. The molecule has 0 radical (unpaired) electrons. The van der Waals surface area contributed by atoms with Gasteiger partial charge in [-0.05, 0) is 26.0 Å². The molecule has 1 aliphatic heterocycles. The number of carbonyl (C=O) groups excluding carboxylic acids is 2. The molecule has 0 aliphatic carbocycles. The number of halogens is 3. The Kier molecular flexibility index (Phi) is 5.30. The van der Waals surface area contributed by atoms with Crippen molar-refractivity contribution in [2.24, 2.45) is 0 Å². The molecule has 1 fully saturated rings. The van der Waals surface area contributed by atoms with Crippen molar-refractivity contribution in [3.05, 3.63) is 23.9 Å². The topological polar surface area (TPSA) is 74.3 Å². The standard InChI is InChI=1S/C15H19F3N4O2/c1-9(2)20-13-11(4-3-5-19-13)14(24)21-10-6-12(23)22(7-10)8-15(16,17)18/h3-5,9-10H,6-8H2,1-2H3,(H,19,20)(H,21,24)/t10-/m0/s1. The number of carbonyl (C=O) groups is 2. The average Bonchev–Trinajstić information content (AvgIpc) is 2.76. The Labute approximate surface area is 137 Å². The molecule has 132 valence electrons. The lowest BCUT2D eigenvalue weighted by Crippen LogP contribution is -2.40. The summed E-state index contributed by atoms with van der Waals surface area (Å²) in [6.07, 6.45) is -3.06. The fraction of sp³-hybridized carbons (Fsp3) is 0.533. The van der Waals surface area contributed by atoms with Gasteiger partial charge in [0, 0.05) is 25.2 Å². The van der Waals surface area contributed by atoms with Gasteiger partial charge in [-0.3, -0.25) is 9.59 Å². The van der Waals surface area contributed by atoms with Gasteiger partial charge in [-0.15, -0.1) is 0 Å². The third kappa shape index (κ3) is 4.84. The first-order chi connectivity index (χ1) is 11.2. The molecule has 2 amide bonds. The fourth-order valence-electron chi connectivity index (χ4n) is 2.48. The number of rotatable bonds is 5. The lowest BCUT2D eigenvalue weighted by Gasteiger charge is -2.19. The maximum atomic E-state index is 12.4. The molecule has 2 N–H and O–H groups in total. The van der Waals surface area contributed by atoms with Crippen molar-refractivity contribution < 1.29 is 22.8 Å². The van der Waals surface area contributed by atoms with E-state index in [2.05, 4.69) is 15.6 Å². The van der Waals surface area contributed by atoms with E-state index in [4.69, 9.17) is 0 Å². The van der Waals surface area contributed by atoms with Crippen LogP contribution in [0.2, 0.25) is 0 Å². The highest BCUT2D eigenvalue weighted by molar-refractivity contribution is 5.99. The number of amides is 2. The van der Waals surface area contributed by atoms with Gasteiger partial charge in [-0.25, -0.2) is 4.98 Å². The van der Waals surface area contributed by atoms with Gasteiger partial charge in [0.05, 0.1) is 11.6 Å². The van der Waals surface area contributed by atoms with E-state index in [0.717, 1.165) is 0 Å². The second-order valence-electron chi connectivity index (χ2n) is 5.96. The summed E-state index contributed by atoms with van der Waals surface area (Å²) < 4.78 is 37.2. The number of hydrogen-bond donors (Lipinski definition) is 2. The maximum Gasteiger partial charge on any atom is 0.406 e. The van der Waals surface area contributed by atoms with Gasteiger partial charge in [-0.1, -0.05) is 0 Å². The summed E-state index contributed by atoms with van der Waals surface area (Å²) >= 11 is 0. The summed E-state index contributed by atoms with van der Waals surface area (Å²) in [5, 5.41) is 5.64. The second kappa shape index (κ2) is 7.06.